The summed E-state index contributed by atoms with van der Waals surface area (Å²) >= 11 is 0. The van der Waals surface area contributed by atoms with Crippen LogP contribution in [-0.4, -0.2) is 52.2 Å². The van der Waals surface area contributed by atoms with Crippen LogP contribution in [0.5, 0.6) is 0 Å². The van der Waals surface area contributed by atoms with Crippen LogP contribution < -0.4 is 5.32 Å². The Labute approximate surface area is 116 Å². The van der Waals surface area contributed by atoms with Crippen LogP contribution in [0.2, 0.25) is 0 Å². The lowest BCUT2D eigenvalue weighted by Crippen LogP contribution is -2.46. The van der Waals surface area contributed by atoms with Crippen molar-refractivity contribution in [3.05, 3.63) is 18.4 Å². The van der Waals surface area contributed by atoms with E-state index in [0.29, 0.717) is 24.7 Å². The Morgan fingerprint density at radius 2 is 2.40 bits per heavy atom. The van der Waals surface area contributed by atoms with Gasteiger partial charge >= 0.3 is 0 Å². The third-order valence-electron chi connectivity index (χ3n) is 3.24. The molecule has 1 unspecified atom stereocenters. The summed E-state index contributed by atoms with van der Waals surface area (Å²) in [5, 5.41) is 7.05. The molecule has 108 valence electrons. The van der Waals surface area contributed by atoms with Crippen LogP contribution in [0.25, 0.3) is 11.5 Å². The third-order valence-corrected chi connectivity index (χ3v) is 4.97. The van der Waals surface area contributed by atoms with Gasteiger partial charge in [0.25, 0.3) is 0 Å². The van der Waals surface area contributed by atoms with E-state index in [2.05, 4.69) is 20.4 Å². The number of hydrogen-bond donors (Lipinski definition) is 1. The normalized spacial score (nSPS) is 21.9. The fourth-order valence-corrected chi connectivity index (χ4v) is 3.67. The van der Waals surface area contributed by atoms with Crippen molar-refractivity contribution in [2.75, 3.05) is 18.1 Å². The van der Waals surface area contributed by atoms with Crippen LogP contribution in [0, 0.1) is 0 Å². The molecule has 3 rings (SSSR count). The largest absolute Gasteiger partial charge is 0.339 e. The Kier molecular flexibility index (Phi) is 3.30. The SMILES string of the molecule is Cn1cncc1-c1noc(CC2CS(=O)(=O)CCN2)n1. The number of imidazole rings is 1. The first kappa shape index (κ1) is 13.3. The molecule has 0 amide bonds. The average Bonchev–Trinajstić information content (AvgIpc) is 2.96. The van der Waals surface area contributed by atoms with Crippen LogP contribution in [-0.2, 0) is 23.3 Å². The molecular formula is C11H15N5O3S. The molecule has 1 aliphatic rings. The number of rotatable bonds is 3. The number of nitrogens with one attached hydrogen (secondary N) is 1. The van der Waals surface area contributed by atoms with E-state index in [4.69, 9.17) is 4.52 Å². The molecule has 0 bridgehead atoms. The first-order valence-electron chi connectivity index (χ1n) is 6.26. The molecule has 0 aromatic carbocycles. The monoisotopic (exact) mass is 297 g/mol. The van der Waals surface area contributed by atoms with Crippen LogP contribution in [0.1, 0.15) is 5.89 Å². The minimum absolute atomic E-state index is 0.108. The van der Waals surface area contributed by atoms with Crippen LogP contribution in [0.3, 0.4) is 0 Å². The first-order valence-corrected chi connectivity index (χ1v) is 8.09. The van der Waals surface area contributed by atoms with Crippen molar-refractivity contribution in [2.24, 2.45) is 7.05 Å². The van der Waals surface area contributed by atoms with Gasteiger partial charge in [-0.05, 0) is 0 Å². The molecule has 1 N–H and O–H groups in total. The molecule has 1 atom stereocenters. The Morgan fingerprint density at radius 3 is 3.10 bits per heavy atom. The summed E-state index contributed by atoms with van der Waals surface area (Å²) in [6, 6.07) is -0.173. The zero-order valence-electron chi connectivity index (χ0n) is 11.0. The van der Waals surface area contributed by atoms with Gasteiger partial charge in [0.2, 0.25) is 11.7 Å². The van der Waals surface area contributed by atoms with Gasteiger partial charge < -0.3 is 14.4 Å². The van der Waals surface area contributed by atoms with Gasteiger partial charge in [0.1, 0.15) is 5.69 Å². The molecule has 20 heavy (non-hydrogen) atoms. The Balaban J connectivity index is 1.73. The van der Waals surface area contributed by atoms with Gasteiger partial charge in [-0.1, -0.05) is 5.16 Å². The number of aryl methyl sites for hydroxylation is 1. The van der Waals surface area contributed by atoms with Crippen molar-refractivity contribution in [1.29, 1.82) is 0 Å². The zero-order chi connectivity index (χ0) is 14.2. The predicted octanol–water partition coefficient (Wildman–Crippen LogP) is -0.601. The maximum absolute atomic E-state index is 11.6. The number of sulfone groups is 1. The molecule has 0 saturated carbocycles. The van der Waals surface area contributed by atoms with E-state index in [1.54, 1.807) is 17.1 Å². The summed E-state index contributed by atoms with van der Waals surface area (Å²) in [6.07, 6.45) is 3.71. The van der Waals surface area contributed by atoms with Crippen molar-refractivity contribution in [3.8, 4) is 11.5 Å². The summed E-state index contributed by atoms with van der Waals surface area (Å²) in [5.41, 5.74) is 0.754. The van der Waals surface area contributed by atoms with Gasteiger partial charge in [-0.2, -0.15) is 4.98 Å². The molecule has 0 radical (unpaired) electrons. The summed E-state index contributed by atoms with van der Waals surface area (Å²) < 4.78 is 30.1. The van der Waals surface area contributed by atoms with E-state index >= 15 is 0 Å². The van der Waals surface area contributed by atoms with Crippen LogP contribution in [0.4, 0.5) is 0 Å². The summed E-state index contributed by atoms with van der Waals surface area (Å²) in [6.45, 7) is 0.468. The van der Waals surface area contributed by atoms with Gasteiger partial charge in [0, 0.05) is 26.1 Å². The van der Waals surface area contributed by atoms with E-state index in [1.165, 1.54) is 0 Å². The second-order valence-corrected chi connectivity index (χ2v) is 7.10. The molecular weight excluding hydrogens is 282 g/mol. The van der Waals surface area contributed by atoms with Crippen LogP contribution >= 0.6 is 0 Å². The Hall–Kier alpha value is -1.74. The van der Waals surface area contributed by atoms with E-state index in [9.17, 15) is 8.42 Å². The molecule has 2 aromatic rings. The molecule has 2 aromatic heterocycles. The van der Waals surface area contributed by atoms with E-state index in [-0.39, 0.29) is 17.5 Å². The minimum Gasteiger partial charge on any atom is -0.339 e. The lowest BCUT2D eigenvalue weighted by atomic mass is 10.2. The number of aromatic nitrogens is 4. The highest BCUT2D eigenvalue weighted by Crippen LogP contribution is 2.15. The third kappa shape index (κ3) is 2.73. The fourth-order valence-electron chi connectivity index (χ4n) is 2.22. The van der Waals surface area contributed by atoms with Gasteiger partial charge in [-0.25, -0.2) is 13.4 Å². The summed E-state index contributed by atoms with van der Waals surface area (Å²) in [4.78, 5) is 8.27. The molecule has 3 heterocycles. The molecule has 0 aliphatic carbocycles. The van der Waals surface area contributed by atoms with Crippen molar-refractivity contribution in [1.82, 2.24) is 25.0 Å². The number of nitrogens with zero attached hydrogens (tertiary/aromatic N) is 4. The highest BCUT2D eigenvalue weighted by molar-refractivity contribution is 7.91. The van der Waals surface area contributed by atoms with Crippen molar-refractivity contribution >= 4 is 9.84 Å². The molecule has 9 heteroatoms. The average molecular weight is 297 g/mol. The Morgan fingerprint density at radius 1 is 1.55 bits per heavy atom. The topological polar surface area (TPSA) is 103 Å². The highest BCUT2D eigenvalue weighted by Gasteiger charge is 2.26. The highest BCUT2D eigenvalue weighted by atomic mass is 32.2. The predicted molar refractivity (Wildman–Crippen MR) is 70.6 cm³/mol. The standard InChI is InChI=1S/C11H15N5O3S/c1-16-7-12-5-9(16)11-14-10(19-15-11)4-8-6-20(17,18)3-2-13-8/h5,7-8,13H,2-4,6H2,1H3. The van der Waals surface area contributed by atoms with Gasteiger partial charge in [-0.15, -0.1) is 0 Å². The van der Waals surface area contributed by atoms with Crippen molar-refractivity contribution in [2.45, 2.75) is 12.5 Å². The van der Waals surface area contributed by atoms with E-state index < -0.39 is 9.84 Å². The van der Waals surface area contributed by atoms with E-state index in [1.807, 2.05) is 7.05 Å². The second kappa shape index (κ2) is 4.98. The van der Waals surface area contributed by atoms with Crippen LogP contribution in [0.15, 0.2) is 17.0 Å². The van der Waals surface area contributed by atoms with E-state index in [0.717, 1.165) is 5.69 Å². The molecule has 1 aliphatic heterocycles. The summed E-state index contributed by atoms with van der Waals surface area (Å²) in [5.74, 6) is 1.18. The number of hydrogen-bond acceptors (Lipinski definition) is 7. The maximum atomic E-state index is 11.6. The second-order valence-electron chi connectivity index (χ2n) is 4.87. The van der Waals surface area contributed by atoms with Crippen molar-refractivity contribution < 1.29 is 12.9 Å². The van der Waals surface area contributed by atoms with Gasteiger partial charge in [0.05, 0.1) is 24.0 Å². The zero-order valence-corrected chi connectivity index (χ0v) is 11.8. The molecule has 1 fully saturated rings. The Bertz CT molecular complexity index is 705. The van der Waals surface area contributed by atoms with Crippen molar-refractivity contribution in [3.63, 3.8) is 0 Å². The minimum atomic E-state index is -2.96. The van der Waals surface area contributed by atoms with Gasteiger partial charge in [0.15, 0.2) is 9.84 Å². The molecule has 8 nitrogen and oxygen atoms in total. The quantitative estimate of drug-likeness (QED) is 0.806. The summed E-state index contributed by atoms with van der Waals surface area (Å²) in [7, 11) is -1.12. The van der Waals surface area contributed by atoms with Gasteiger partial charge in [-0.3, -0.25) is 0 Å². The maximum Gasteiger partial charge on any atom is 0.228 e. The lowest BCUT2D eigenvalue weighted by molar-refractivity contribution is 0.361. The lowest BCUT2D eigenvalue weighted by Gasteiger charge is -2.21. The fraction of sp³-hybridized carbons (Fsp3) is 0.545. The smallest absolute Gasteiger partial charge is 0.228 e. The molecule has 0 spiro atoms. The molecule has 1 saturated heterocycles. The first-order chi connectivity index (χ1) is 9.53.